The highest BCUT2D eigenvalue weighted by Crippen LogP contribution is 2.50. The summed E-state index contributed by atoms with van der Waals surface area (Å²) in [5.41, 5.74) is 2.91. The van der Waals surface area contributed by atoms with E-state index in [1.165, 1.54) is 23.5 Å². The molecule has 2 heterocycles. The number of nitro groups is 1. The van der Waals surface area contributed by atoms with Gasteiger partial charge in [-0.3, -0.25) is 29.4 Å². The predicted octanol–water partition coefficient (Wildman–Crippen LogP) is 5.68. The van der Waals surface area contributed by atoms with Crippen LogP contribution in [0.15, 0.2) is 77.3 Å². The van der Waals surface area contributed by atoms with Crippen LogP contribution in [0.3, 0.4) is 0 Å². The second-order valence-corrected chi connectivity index (χ2v) is 10.4. The molecule has 0 fully saturated rings. The van der Waals surface area contributed by atoms with Gasteiger partial charge in [0, 0.05) is 52.2 Å². The molecule has 3 aromatic rings. The summed E-state index contributed by atoms with van der Waals surface area (Å²) in [6.07, 6.45) is 0.217. The topological polar surface area (TPSA) is 107 Å². The highest BCUT2D eigenvalue weighted by atomic mass is 32.1. The number of hydrogen-bond acceptors (Lipinski definition) is 7. The molecule has 0 spiro atoms. The first-order valence-electron chi connectivity index (χ1n) is 12.4. The van der Waals surface area contributed by atoms with E-state index in [2.05, 4.69) is 0 Å². The van der Waals surface area contributed by atoms with E-state index in [4.69, 9.17) is 4.74 Å². The standard InChI is InChI=1S/C29H26N2O6S/c1-3-37-29(34)27-22(24-8-5-13-38-24)15-23-26(28(27)33)21(18-6-4-7-20(14-18)31(35)36)16-25(32)30(23)19-11-9-17(2)10-12-19/h4-14,21-22,27H,3,15-16H2,1-2H3/t21-,22+,27+/m0/s1. The molecule has 2 aromatic carbocycles. The smallest absolute Gasteiger partial charge is 0.317 e. The van der Waals surface area contributed by atoms with Crippen molar-refractivity contribution in [3.8, 4) is 0 Å². The number of carbonyl (C=O) groups excluding carboxylic acids is 3. The average molecular weight is 531 g/mol. The van der Waals surface area contributed by atoms with Gasteiger partial charge in [-0.15, -0.1) is 11.3 Å². The molecule has 1 aromatic heterocycles. The molecule has 1 amide bonds. The minimum atomic E-state index is -1.07. The first-order valence-corrected chi connectivity index (χ1v) is 13.3. The monoisotopic (exact) mass is 530 g/mol. The summed E-state index contributed by atoms with van der Waals surface area (Å²) in [5.74, 6) is -3.49. The number of benzene rings is 2. The fourth-order valence-corrected chi connectivity index (χ4v) is 6.30. The molecule has 9 heteroatoms. The van der Waals surface area contributed by atoms with E-state index in [0.717, 1.165) is 10.4 Å². The molecular formula is C29H26N2O6S. The van der Waals surface area contributed by atoms with Gasteiger partial charge in [0.25, 0.3) is 5.69 Å². The van der Waals surface area contributed by atoms with Gasteiger partial charge >= 0.3 is 5.97 Å². The SMILES string of the molecule is CCOC(=O)[C@H]1C(=O)C2=C(C[C@@H]1c1cccs1)N(c1ccc(C)cc1)C(=O)C[C@H]2c1cccc([N+](=O)[O-])c1. The molecular weight excluding hydrogens is 504 g/mol. The van der Waals surface area contributed by atoms with Gasteiger partial charge < -0.3 is 4.74 Å². The number of carbonyl (C=O) groups is 3. The Morgan fingerprint density at radius 3 is 2.53 bits per heavy atom. The van der Waals surface area contributed by atoms with Gasteiger partial charge in [-0.1, -0.05) is 35.9 Å². The summed E-state index contributed by atoms with van der Waals surface area (Å²) >= 11 is 1.45. The molecule has 38 heavy (non-hydrogen) atoms. The number of ketones is 1. The maximum Gasteiger partial charge on any atom is 0.317 e. The molecule has 0 N–H and O–H groups in total. The Kier molecular flexibility index (Phi) is 6.94. The Labute approximate surface area is 223 Å². The largest absolute Gasteiger partial charge is 0.465 e. The van der Waals surface area contributed by atoms with Crippen molar-refractivity contribution in [3.63, 3.8) is 0 Å². The van der Waals surface area contributed by atoms with Crippen LogP contribution >= 0.6 is 11.3 Å². The van der Waals surface area contributed by atoms with Crippen LogP contribution in [0.2, 0.25) is 0 Å². The van der Waals surface area contributed by atoms with Crippen LogP contribution in [0.4, 0.5) is 11.4 Å². The Morgan fingerprint density at radius 1 is 1.11 bits per heavy atom. The zero-order valence-corrected chi connectivity index (χ0v) is 21.8. The van der Waals surface area contributed by atoms with E-state index in [9.17, 15) is 24.5 Å². The number of nitro benzene ring substituents is 1. The van der Waals surface area contributed by atoms with Crippen LogP contribution < -0.4 is 4.90 Å². The Hall–Kier alpha value is -4.11. The number of allylic oxidation sites excluding steroid dienone is 2. The minimum Gasteiger partial charge on any atom is -0.465 e. The van der Waals surface area contributed by atoms with Crippen LogP contribution in [0.1, 0.15) is 47.6 Å². The number of anilines is 1. The molecule has 0 saturated heterocycles. The van der Waals surface area contributed by atoms with Crippen molar-refractivity contribution in [2.24, 2.45) is 5.92 Å². The number of hydrogen-bond donors (Lipinski definition) is 0. The fourth-order valence-electron chi connectivity index (χ4n) is 5.44. The third-order valence-electron chi connectivity index (χ3n) is 7.15. The van der Waals surface area contributed by atoms with Crippen molar-refractivity contribution in [1.29, 1.82) is 0 Å². The summed E-state index contributed by atoms with van der Waals surface area (Å²) in [4.78, 5) is 54.6. The second kappa shape index (κ2) is 10.3. The van der Waals surface area contributed by atoms with Crippen molar-refractivity contribution in [3.05, 3.63) is 103 Å². The minimum absolute atomic E-state index is 0.0567. The summed E-state index contributed by atoms with van der Waals surface area (Å²) in [6.45, 7) is 3.78. The van der Waals surface area contributed by atoms with Gasteiger partial charge in [0.05, 0.1) is 11.5 Å². The first-order chi connectivity index (χ1) is 18.3. The summed E-state index contributed by atoms with van der Waals surface area (Å²) < 4.78 is 5.35. The number of non-ortho nitro benzene ring substituents is 1. The highest BCUT2D eigenvalue weighted by molar-refractivity contribution is 7.10. The van der Waals surface area contributed by atoms with Gasteiger partial charge in [0.1, 0.15) is 5.92 Å². The molecule has 0 unspecified atom stereocenters. The Balaban J connectivity index is 1.72. The lowest BCUT2D eigenvalue weighted by atomic mass is 9.69. The molecule has 0 saturated carbocycles. The van der Waals surface area contributed by atoms with Crippen molar-refractivity contribution in [2.45, 2.75) is 38.5 Å². The van der Waals surface area contributed by atoms with E-state index in [0.29, 0.717) is 22.5 Å². The summed E-state index contributed by atoms with van der Waals surface area (Å²) in [5, 5.41) is 13.4. The lowest BCUT2D eigenvalue weighted by Gasteiger charge is -2.42. The quantitative estimate of drug-likeness (QED) is 0.176. The van der Waals surface area contributed by atoms with Crippen LogP contribution in [0, 0.1) is 23.0 Å². The number of thiophene rings is 1. The maximum absolute atomic E-state index is 14.3. The number of Topliss-reactive ketones (excluding diaryl/α,β-unsaturated/α-hetero) is 1. The third-order valence-corrected chi connectivity index (χ3v) is 8.15. The molecule has 0 bridgehead atoms. The van der Waals surface area contributed by atoms with Gasteiger partial charge in [-0.05, 0) is 49.4 Å². The van der Waals surface area contributed by atoms with E-state index >= 15 is 0 Å². The highest BCUT2D eigenvalue weighted by Gasteiger charge is 2.50. The van der Waals surface area contributed by atoms with Crippen molar-refractivity contribution in [2.75, 3.05) is 11.5 Å². The van der Waals surface area contributed by atoms with Gasteiger partial charge in [-0.2, -0.15) is 0 Å². The first kappa shape index (κ1) is 25.5. The fraction of sp³-hybridized carbons (Fsp3) is 0.276. The molecule has 1 aliphatic carbocycles. The normalized spacial score (nSPS) is 21.3. The van der Waals surface area contributed by atoms with Crippen LogP contribution in [0.5, 0.6) is 0 Å². The number of nitrogens with zero attached hydrogens (tertiary/aromatic N) is 2. The van der Waals surface area contributed by atoms with Crippen molar-refractivity contribution < 1.29 is 24.0 Å². The van der Waals surface area contributed by atoms with Crippen molar-refractivity contribution in [1.82, 2.24) is 0 Å². The predicted molar refractivity (Wildman–Crippen MR) is 143 cm³/mol. The molecule has 0 radical (unpaired) electrons. The summed E-state index contributed by atoms with van der Waals surface area (Å²) in [6, 6.07) is 17.3. The van der Waals surface area contributed by atoms with Gasteiger partial charge in [0.15, 0.2) is 5.78 Å². The van der Waals surface area contributed by atoms with Crippen LogP contribution in [-0.2, 0) is 19.1 Å². The lowest BCUT2D eigenvalue weighted by molar-refractivity contribution is -0.384. The zero-order valence-electron chi connectivity index (χ0n) is 21.0. The number of ether oxygens (including phenoxy) is 1. The lowest BCUT2D eigenvalue weighted by Crippen LogP contribution is -2.46. The number of rotatable bonds is 6. The molecule has 194 valence electrons. The number of esters is 1. The van der Waals surface area contributed by atoms with Gasteiger partial charge in [0.2, 0.25) is 5.91 Å². The van der Waals surface area contributed by atoms with Crippen molar-refractivity contribution >= 4 is 40.4 Å². The molecule has 3 atom stereocenters. The molecule has 5 rings (SSSR count). The number of amides is 1. The van der Waals surface area contributed by atoms with Crippen LogP contribution in [-0.4, -0.2) is 29.2 Å². The summed E-state index contributed by atoms with van der Waals surface area (Å²) in [7, 11) is 0. The van der Waals surface area contributed by atoms with E-state index in [1.54, 1.807) is 24.0 Å². The third kappa shape index (κ3) is 4.54. The Morgan fingerprint density at radius 2 is 1.87 bits per heavy atom. The second-order valence-electron chi connectivity index (χ2n) is 9.45. The maximum atomic E-state index is 14.3. The van der Waals surface area contributed by atoms with E-state index in [1.807, 2.05) is 48.7 Å². The Bertz CT molecular complexity index is 1440. The van der Waals surface area contributed by atoms with E-state index < -0.39 is 34.4 Å². The van der Waals surface area contributed by atoms with Gasteiger partial charge in [-0.25, -0.2) is 0 Å². The molecule has 1 aliphatic heterocycles. The van der Waals surface area contributed by atoms with E-state index in [-0.39, 0.29) is 31.0 Å². The zero-order chi connectivity index (χ0) is 27.0. The molecule has 2 aliphatic rings. The van der Waals surface area contributed by atoms with Crippen LogP contribution in [0.25, 0.3) is 0 Å². The molecule has 8 nitrogen and oxygen atoms in total. The number of aryl methyl sites for hydroxylation is 1. The average Bonchev–Trinajstić information content (AvgIpc) is 3.44.